The van der Waals surface area contributed by atoms with Gasteiger partial charge in [-0.2, -0.15) is 0 Å². The lowest BCUT2D eigenvalue weighted by molar-refractivity contribution is 0.0686. The van der Waals surface area contributed by atoms with Crippen molar-refractivity contribution in [3.8, 4) is 0 Å². The van der Waals surface area contributed by atoms with Crippen molar-refractivity contribution in [3.05, 3.63) is 34.9 Å². The number of primary sulfonamides is 1. The molecule has 1 fully saturated rings. The third kappa shape index (κ3) is 2.90. The van der Waals surface area contributed by atoms with Gasteiger partial charge in [0.2, 0.25) is 10.0 Å². The molecule has 0 radical (unpaired) electrons. The van der Waals surface area contributed by atoms with E-state index in [1.807, 2.05) is 0 Å². The van der Waals surface area contributed by atoms with Gasteiger partial charge in [-0.3, -0.25) is 0 Å². The van der Waals surface area contributed by atoms with Crippen LogP contribution in [0.25, 0.3) is 0 Å². The van der Waals surface area contributed by atoms with Gasteiger partial charge in [-0.15, -0.1) is 0 Å². The maximum atomic E-state index is 13.9. The lowest BCUT2D eigenvalue weighted by Crippen LogP contribution is -2.18. The van der Waals surface area contributed by atoms with E-state index >= 15 is 0 Å². The molecule has 3 N–H and O–H groups in total. The predicted molar refractivity (Wildman–Crippen MR) is 62.1 cm³/mol. The summed E-state index contributed by atoms with van der Waals surface area (Å²) < 4.78 is 48.9. The van der Waals surface area contributed by atoms with Gasteiger partial charge in [0.1, 0.15) is 17.2 Å². The Labute approximate surface area is 108 Å². The monoisotopic (exact) mass is 291 g/mol. The van der Waals surface area contributed by atoms with Crippen LogP contribution in [-0.4, -0.2) is 25.2 Å². The van der Waals surface area contributed by atoms with Crippen LogP contribution in [0.2, 0.25) is 0 Å². The lowest BCUT2D eigenvalue weighted by Gasteiger charge is -2.06. The zero-order valence-corrected chi connectivity index (χ0v) is 10.5. The number of hydrogen-bond acceptors (Lipinski definition) is 3. The second kappa shape index (κ2) is 4.53. The number of sulfonamides is 1. The largest absolute Gasteiger partial charge is 0.477 e. The molecule has 2 atom stereocenters. The van der Waals surface area contributed by atoms with Crippen molar-refractivity contribution < 1.29 is 27.1 Å². The van der Waals surface area contributed by atoms with Gasteiger partial charge in [-0.25, -0.2) is 27.1 Å². The van der Waals surface area contributed by atoms with E-state index < -0.39 is 39.1 Å². The van der Waals surface area contributed by atoms with Crippen molar-refractivity contribution in [1.29, 1.82) is 0 Å². The van der Waals surface area contributed by atoms with Crippen LogP contribution >= 0.6 is 0 Å². The van der Waals surface area contributed by atoms with Crippen LogP contribution in [0.4, 0.5) is 8.78 Å². The molecule has 8 heteroatoms. The maximum absolute atomic E-state index is 13.9. The molecular weight excluding hydrogens is 280 g/mol. The van der Waals surface area contributed by atoms with E-state index in [2.05, 4.69) is 0 Å². The second-order valence-electron chi connectivity index (χ2n) is 4.56. The summed E-state index contributed by atoms with van der Waals surface area (Å²) in [5, 5.41) is 13.6. The first-order chi connectivity index (χ1) is 8.70. The minimum Gasteiger partial charge on any atom is -0.477 e. The topological polar surface area (TPSA) is 97.5 Å². The van der Waals surface area contributed by atoms with Crippen LogP contribution in [0.1, 0.15) is 28.3 Å². The smallest absolute Gasteiger partial charge is 0.341 e. The fourth-order valence-electron chi connectivity index (χ4n) is 2.16. The van der Waals surface area contributed by atoms with Crippen molar-refractivity contribution in [2.45, 2.75) is 12.3 Å². The average Bonchev–Trinajstić information content (AvgIpc) is 2.93. The molecule has 1 saturated carbocycles. The van der Waals surface area contributed by atoms with E-state index in [1.54, 1.807) is 0 Å². The summed E-state index contributed by atoms with van der Waals surface area (Å²) in [6.45, 7) is 0. The molecule has 1 aromatic rings. The summed E-state index contributed by atoms with van der Waals surface area (Å²) in [7, 11) is -3.66. The quantitative estimate of drug-likeness (QED) is 0.866. The van der Waals surface area contributed by atoms with E-state index in [0.29, 0.717) is 6.42 Å². The third-order valence-electron chi connectivity index (χ3n) is 3.10. The van der Waals surface area contributed by atoms with E-state index in [4.69, 9.17) is 10.2 Å². The third-order valence-corrected chi connectivity index (χ3v) is 4.00. The molecule has 0 saturated heterocycles. The zero-order valence-electron chi connectivity index (χ0n) is 9.64. The first kappa shape index (κ1) is 13.9. The summed E-state index contributed by atoms with van der Waals surface area (Å²) in [4.78, 5) is 10.8. The molecule has 0 aliphatic heterocycles. The van der Waals surface area contributed by atoms with Crippen LogP contribution in [0.3, 0.4) is 0 Å². The number of carbonyl (C=O) groups is 1. The van der Waals surface area contributed by atoms with Crippen LogP contribution in [0.5, 0.6) is 0 Å². The Balaban J connectivity index is 2.29. The standard InChI is InChI=1S/C11H11F2NO4S/c12-8-2-1-6(10(13)9(8)11(15)16)7-3-5(7)4-19(14,17)18/h1-2,5,7H,3-4H2,(H,15,16)(H2,14,17,18). The Morgan fingerprint density at radius 3 is 2.58 bits per heavy atom. The van der Waals surface area contributed by atoms with Gasteiger partial charge in [0.15, 0.2) is 0 Å². The summed E-state index contributed by atoms with van der Waals surface area (Å²) >= 11 is 0. The van der Waals surface area contributed by atoms with Crippen molar-refractivity contribution in [3.63, 3.8) is 0 Å². The van der Waals surface area contributed by atoms with Gasteiger partial charge in [-0.1, -0.05) is 6.07 Å². The van der Waals surface area contributed by atoms with Gasteiger partial charge in [0.05, 0.1) is 5.75 Å². The molecule has 2 unspecified atom stereocenters. The highest BCUT2D eigenvalue weighted by Gasteiger charge is 2.43. The Bertz CT molecular complexity index is 644. The molecule has 1 aliphatic carbocycles. The van der Waals surface area contributed by atoms with Crippen molar-refractivity contribution >= 4 is 16.0 Å². The Kier molecular flexibility index (Phi) is 3.31. The van der Waals surface area contributed by atoms with Gasteiger partial charge >= 0.3 is 5.97 Å². The molecule has 0 amide bonds. The fraction of sp³-hybridized carbons (Fsp3) is 0.364. The lowest BCUT2D eigenvalue weighted by atomic mass is 10.0. The maximum Gasteiger partial charge on any atom is 0.341 e. The summed E-state index contributed by atoms with van der Waals surface area (Å²) in [5.74, 6) is -5.07. The molecule has 1 aliphatic rings. The predicted octanol–water partition coefficient (Wildman–Crippen LogP) is 1.06. The van der Waals surface area contributed by atoms with Gasteiger partial charge in [0.25, 0.3) is 0 Å². The summed E-state index contributed by atoms with van der Waals surface area (Å²) in [5.41, 5.74) is -0.994. The van der Waals surface area contributed by atoms with Gasteiger partial charge < -0.3 is 5.11 Å². The normalized spacial score (nSPS) is 22.3. The second-order valence-corrected chi connectivity index (χ2v) is 6.22. The van der Waals surface area contributed by atoms with Crippen LogP contribution < -0.4 is 5.14 Å². The number of hydrogen-bond donors (Lipinski definition) is 2. The van der Waals surface area contributed by atoms with Crippen LogP contribution in [-0.2, 0) is 10.0 Å². The highest BCUT2D eigenvalue weighted by Crippen LogP contribution is 2.49. The molecule has 5 nitrogen and oxygen atoms in total. The number of rotatable bonds is 4. The number of benzene rings is 1. The minimum atomic E-state index is -3.66. The highest BCUT2D eigenvalue weighted by molar-refractivity contribution is 7.89. The van der Waals surface area contributed by atoms with Gasteiger partial charge in [-0.05, 0) is 29.9 Å². The number of carboxylic acids is 1. The zero-order chi connectivity index (χ0) is 14.4. The van der Waals surface area contributed by atoms with Crippen LogP contribution in [0.15, 0.2) is 12.1 Å². The summed E-state index contributed by atoms with van der Waals surface area (Å²) in [6.07, 6.45) is 0.387. The average molecular weight is 291 g/mol. The minimum absolute atomic E-state index is 0.0208. The number of carboxylic acid groups (broad SMARTS) is 1. The summed E-state index contributed by atoms with van der Waals surface area (Å²) in [6, 6.07) is 2.01. The van der Waals surface area contributed by atoms with E-state index in [9.17, 15) is 22.0 Å². The first-order valence-electron chi connectivity index (χ1n) is 5.42. The molecule has 104 valence electrons. The molecule has 1 aromatic carbocycles. The number of aromatic carboxylic acids is 1. The van der Waals surface area contributed by atoms with Crippen molar-refractivity contribution in [1.82, 2.24) is 0 Å². The Morgan fingerprint density at radius 1 is 1.42 bits per heavy atom. The first-order valence-corrected chi connectivity index (χ1v) is 7.14. The Morgan fingerprint density at radius 2 is 2.05 bits per heavy atom. The van der Waals surface area contributed by atoms with Gasteiger partial charge in [0, 0.05) is 0 Å². The molecule has 0 bridgehead atoms. The number of nitrogens with two attached hydrogens (primary N) is 1. The van der Waals surface area contributed by atoms with Crippen molar-refractivity contribution in [2.24, 2.45) is 11.1 Å². The molecule has 0 aromatic heterocycles. The van der Waals surface area contributed by atoms with E-state index in [-0.39, 0.29) is 17.2 Å². The van der Waals surface area contributed by atoms with Crippen LogP contribution in [0, 0.1) is 17.6 Å². The van der Waals surface area contributed by atoms with Crippen molar-refractivity contribution in [2.75, 3.05) is 5.75 Å². The molecule has 19 heavy (non-hydrogen) atoms. The van der Waals surface area contributed by atoms with E-state index in [0.717, 1.165) is 12.1 Å². The highest BCUT2D eigenvalue weighted by atomic mass is 32.2. The van der Waals surface area contributed by atoms with E-state index in [1.165, 1.54) is 0 Å². The fourth-order valence-corrected chi connectivity index (χ4v) is 3.13. The molecule has 0 spiro atoms. The Hall–Kier alpha value is -1.54. The number of halogens is 2. The SMILES string of the molecule is NS(=O)(=O)CC1CC1c1ccc(F)c(C(=O)O)c1F. The molecular formula is C11H11F2NO4S. The molecule has 0 heterocycles. The molecule has 2 rings (SSSR count).